The summed E-state index contributed by atoms with van der Waals surface area (Å²) in [6.07, 6.45) is 0. The van der Waals surface area contributed by atoms with E-state index in [2.05, 4.69) is 9.88 Å². The fourth-order valence-electron chi connectivity index (χ4n) is 0.727. The Bertz CT molecular complexity index is 346. The van der Waals surface area contributed by atoms with Gasteiger partial charge in [-0.3, -0.25) is 0 Å². The number of carboxylic acid groups (broad SMARTS) is 1. The lowest BCUT2D eigenvalue weighted by Crippen LogP contribution is -2.04. The zero-order valence-corrected chi connectivity index (χ0v) is 6.75. The first-order valence-electron chi connectivity index (χ1n) is 3.42. The molecule has 0 bridgehead atoms. The topological polar surface area (TPSA) is 98.9 Å². The predicted molar refractivity (Wildman–Crippen MR) is 42.1 cm³/mol. The van der Waals surface area contributed by atoms with Crippen molar-refractivity contribution in [3.63, 3.8) is 0 Å². The number of carboxylic acids is 1. The van der Waals surface area contributed by atoms with Crippen LogP contribution in [0.15, 0.2) is 24.3 Å². The number of carbonyl (C=O) groups is 1. The van der Waals surface area contributed by atoms with E-state index in [0.717, 1.165) is 0 Å². The van der Waals surface area contributed by atoms with Gasteiger partial charge >= 0.3 is 11.1 Å². The third-order valence-corrected chi connectivity index (χ3v) is 1.30. The second kappa shape index (κ2) is 4.08. The van der Waals surface area contributed by atoms with Crippen LogP contribution < -0.4 is 4.89 Å². The minimum absolute atomic E-state index is 0.0479. The van der Waals surface area contributed by atoms with Crippen molar-refractivity contribution in [2.75, 3.05) is 0 Å². The lowest BCUT2D eigenvalue weighted by molar-refractivity contribution is -0.832. The van der Waals surface area contributed by atoms with Crippen LogP contribution in [0.2, 0.25) is 0 Å². The lowest BCUT2D eigenvalue weighted by atomic mass is 10.2. The highest BCUT2D eigenvalue weighted by molar-refractivity contribution is 5.87. The SMILES string of the molecule is O=C(O)c1ccc(OO[N+](=O)[O-])cc1. The summed E-state index contributed by atoms with van der Waals surface area (Å²) >= 11 is 0. The summed E-state index contributed by atoms with van der Waals surface area (Å²) in [6.45, 7) is 0. The minimum atomic E-state index is -1.12. The van der Waals surface area contributed by atoms with Crippen LogP contribution in [0.3, 0.4) is 0 Å². The molecule has 14 heavy (non-hydrogen) atoms. The Morgan fingerprint density at radius 1 is 1.36 bits per heavy atom. The van der Waals surface area contributed by atoms with Crippen LogP contribution in [-0.2, 0) is 4.99 Å². The standard InChI is InChI=1S/C7H5NO6/c9-7(10)5-1-3-6(4-2-5)13-14-8(11)12/h1-4H,(H,9,10). The van der Waals surface area contributed by atoms with E-state index in [1.165, 1.54) is 24.3 Å². The van der Waals surface area contributed by atoms with Gasteiger partial charge in [-0.1, -0.05) is 4.99 Å². The first-order chi connectivity index (χ1) is 6.59. The molecule has 0 aromatic heterocycles. The molecule has 0 heterocycles. The van der Waals surface area contributed by atoms with Crippen molar-refractivity contribution in [3.8, 4) is 5.75 Å². The number of hydrogen-bond acceptors (Lipinski definition) is 5. The van der Waals surface area contributed by atoms with E-state index in [1.807, 2.05) is 0 Å². The van der Waals surface area contributed by atoms with Crippen molar-refractivity contribution in [2.45, 2.75) is 0 Å². The number of benzene rings is 1. The summed E-state index contributed by atoms with van der Waals surface area (Å²) in [5.74, 6) is -1.04. The largest absolute Gasteiger partial charge is 0.478 e. The molecule has 0 fully saturated rings. The zero-order valence-electron chi connectivity index (χ0n) is 6.75. The maximum Gasteiger partial charge on any atom is 0.335 e. The molecule has 0 unspecified atom stereocenters. The molecule has 0 saturated carbocycles. The summed E-state index contributed by atoms with van der Waals surface area (Å²) in [5.41, 5.74) is 0.0541. The molecule has 0 saturated heterocycles. The summed E-state index contributed by atoms with van der Waals surface area (Å²) < 4.78 is 0. The molecular formula is C7H5NO6. The van der Waals surface area contributed by atoms with Gasteiger partial charge in [0.05, 0.1) is 5.56 Å². The Balaban J connectivity index is 2.64. The summed E-state index contributed by atoms with van der Waals surface area (Å²) in [7, 11) is 0. The molecule has 0 atom stereocenters. The van der Waals surface area contributed by atoms with E-state index < -0.39 is 11.1 Å². The molecule has 0 radical (unpaired) electrons. The molecular weight excluding hydrogens is 194 g/mol. The quantitative estimate of drug-likeness (QED) is 0.439. The van der Waals surface area contributed by atoms with Gasteiger partial charge in [0, 0.05) is 0 Å². The summed E-state index contributed by atoms with van der Waals surface area (Å²) in [6, 6.07) is 4.96. The molecule has 1 N–H and O–H groups in total. The predicted octanol–water partition coefficient (Wildman–Crippen LogP) is 0.887. The second-order valence-electron chi connectivity index (χ2n) is 2.21. The molecule has 0 aliphatic heterocycles. The van der Waals surface area contributed by atoms with Crippen LogP contribution in [0.1, 0.15) is 10.4 Å². The molecule has 0 aliphatic rings. The Labute approximate surface area is 77.5 Å². The third kappa shape index (κ3) is 2.63. The molecule has 7 nitrogen and oxygen atoms in total. The van der Waals surface area contributed by atoms with Gasteiger partial charge in [0.1, 0.15) is 0 Å². The number of rotatable bonds is 4. The minimum Gasteiger partial charge on any atom is -0.478 e. The molecule has 1 aromatic rings. The maximum atomic E-state index is 10.4. The maximum absolute atomic E-state index is 10.4. The number of aromatic carboxylic acids is 1. The highest BCUT2D eigenvalue weighted by atomic mass is 17.3. The molecule has 7 heteroatoms. The van der Waals surface area contributed by atoms with Crippen molar-refractivity contribution in [1.82, 2.24) is 0 Å². The molecule has 0 spiro atoms. The van der Waals surface area contributed by atoms with Gasteiger partial charge in [0.25, 0.3) is 0 Å². The van der Waals surface area contributed by atoms with E-state index in [-0.39, 0.29) is 11.3 Å². The van der Waals surface area contributed by atoms with Crippen LogP contribution in [0, 0.1) is 10.1 Å². The van der Waals surface area contributed by atoms with Crippen LogP contribution >= 0.6 is 0 Å². The van der Waals surface area contributed by atoms with Crippen LogP contribution in [0.4, 0.5) is 0 Å². The Hall–Kier alpha value is -2.31. The average molecular weight is 199 g/mol. The fourth-order valence-corrected chi connectivity index (χ4v) is 0.727. The van der Waals surface area contributed by atoms with Crippen molar-refractivity contribution in [1.29, 1.82) is 0 Å². The monoisotopic (exact) mass is 199 g/mol. The lowest BCUT2D eigenvalue weighted by Gasteiger charge is -1.99. The fraction of sp³-hybridized carbons (Fsp3) is 0. The van der Waals surface area contributed by atoms with E-state index in [4.69, 9.17) is 5.11 Å². The van der Waals surface area contributed by atoms with Gasteiger partial charge in [-0.25, -0.2) is 4.79 Å². The number of hydrogen-bond donors (Lipinski definition) is 1. The Morgan fingerprint density at radius 3 is 2.36 bits per heavy atom. The first-order valence-corrected chi connectivity index (χ1v) is 3.42. The molecule has 1 rings (SSSR count). The van der Waals surface area contributed by atoms with E-state index in [1.54, 1.807) is 0 Å². The third-order valence-electron chi connectivity index (χ3n) is 1.30. The second-order valence-corrected chi connectivity index (χ2v) is 2.21. The molecule has 0 amide bonds. The van der Waals surface area contributed by atoms with E-state index in [0.29, 0.717) is 0 Å². The molecule has 74 valence electrons. The van der Waals surface area contributed by atoms with Crippen molar-refractivity contribution in [2.24, 2.45) is 0 Å². The van der Waals surface area contributed by atoms with Crippen LogP contribution in [-0.4, -0.2) is 16.2 Å². The van der Waals surface area contributed by atoms with Gasteiger partial charge in [-0.05, 0) is 24.3 Å². The highest BCUT2D eigenvalue weighted by Gasteiger charge is 2.03. The van der Waals surface area contributed by atoms with E-state index >= 15 is 0 Å². The smallest absolute Gasteiger partial charge is 0.335 e. The highest BCUT2D eigenvalue weighted by Crippen LogP contribution is 2.12. The van der Waals surface area contributed by atoms with Gasteiger partial charge < -0.3 is 9.99 Å². The number of nitrogens with zero attached hydrogens (tertiary/aromatic N) is 1. The summed E-state index contributed by atoms with van der Waals surface area (Å²) in [4.78, 5) is 27.9. The average Bonchev–Trinajstić information content (AvgIpc) is 2.15. The van der Waals surface area contributed by atoms with Gasteiger partial charge in [0.2, 0.25) is 0 Å². The van der Waals surface area contributed by atoms with Gasteiger partial charge in [0.15, 0.2) is 5.75 Å². The molecule has 0 aliphatic carbocycles. The van der Waals surface area contributed by atoms with Crippen molar-refractivity contribution in [3.05, 3.63) is 39.9 Å². The normalized spacial score (nSPS) is 9.14. The zero-order chi connectivity index (χ0) is 10.6. The summed E-state index contributed by atoms with van der Waals surface area (Å²) in [5, 5.41) is 17.1. The van der Waals surface area contributed by atoms with E-state index in [9.17, 15) is 14.9 Å². The van der Waals surface area contributed by atoms with Crippen LogP contribution in [0.25, 0.3) is 0 Å². The van der Waals surface area contributed by atoms with Gasteiger partial charge in [-0.15, -0.1) is 10.1 Å². The Kier molecular flexibility index (Phi) is 2.85. The first kappa shape index (κ1) is 9.78. The van der Waals surface area contributed by atoms with Crippen LogP contribution in [0.5, 0.6) is 5.75 Å². The van der Waals surface area contributed by atoms with Crippen molar-refractivity contribution >= 4 is 5.97 Å². The molecule has 1 aromatic carbocycles. The van der Waals surface area contributed by atoms with Crippen molar-refractivity contribution < 1.29 is 24.9 Å². The Morgan fingerprint density at radius 2 is 1.93 bits per heavy atom. The van der Waals surface area contributed by atoms with Gasteiger partial charge in [-0.2, -0.15) is 0 Å².